The molecule has 1 aromatic heterocycles. The Kier molecular flexibility index (Phi) is 5.34. The largest absolute Gasteiger partial charge is 0.436 e. The lowest BCUT2D eigenvalue weighted by Gasteiger charge is -2.12. The number of hydrogen-bond donors (Lipinski definition) is 1. The number of benzene rings is 2. The van der Waals surface area contributed by atoms with Gasteiger partial charge in [-0.1, -0.05) is 47.1 Å². The number of carbonyl (C=O) groups is 1. The smallest absolute Gasteiger partial charge is 0.252 e. The van der Waals surface area contributed by atoms with E-state index in [0.717, 1.165) is 16.5 Å². The van der Waals surface area contributed by atoms with Gasteiger partial charge in [0.2, 0.25) is 5.89 Å². The number of oxazole rings is 1. The summed E-state index contributed by atoms with van der Waals surface area (Å²) in [5.41, 5.74) is 2.18. The minimum Gasteiger partial charge on any atom is -0.436 e. The highest BCUT2D eigenvalue weighted by molar-refractivity contribution is 9.10. The minimum absolute atomic E-state index is 0.114. The molecule has 0 radical (unpaired) electrons. The molecular weight excluding hydrogens is 380 g/mol. The average Bonchev–Trinajstić information content (AvgIpc) is 3.12. The molecule has 3 aromatic rings. The molecule has 4 nitrogen and oxygen atoms in total. The van der Waals surface area contributed by atoms with E-state index < -0.39 is 0 Å². The normalized spacial score (nSPS) is 12.0. The van der Waals surface area contributed by atoms with Crippen molar-refractivity contribution >= 4 is 21.8 Å². The Hall–Kier alpha value is -2.40. The Morgan fingerprint density at radius 2 is 1.92 bits per heavy atom. The summed E-state index contributed by atoms with van der Waals surface area (Å²) in [7, 11) is 0. The lowest BCUT2D eigenvalue weighted by Crippen LogP contribution is -2.32. The minimum atomic E-state index is -0.117. The molecule has 3 rings (SSSR count). The van der Waals surface area contributed by atoms with Gasteiger partial charge in [0.25, 0.3) is 5.91 Å². The monoisotopic (exact) mass is 398 g/mol. The van der Waals surface area contributed by atoms with E-state index in [4.69, 9.17) is 4.42 Å². The van der Waals surface area contributed by atoms with Gasteiger partial charge in [0.1, 0.15) is 0 Å². The number of halogens is 1. The molecule has 1 heterocycles. The van der Waals surface area contributed by atoms with E-state index in [2.05, 4.69) is 26.2 Å². The molecule has 0 fully saturated rings. The van der Waals surface area contributed by atoms with Crippen LogP contribution in [0.4, 0.5) is 0 Å². The summed E-state index contributed by atoms with van der Waals surface area (Å²) >= 11 is 3.42. The number of amides is 1. The van der Waals surface area contributed by atoms with Gasteiger partial charge in [-0.3, -0.25) is 4.79 Å². The third-order valence-electron chi connectivity index (χ3n) is 4.03. The summed E-state index contributed by atoms with van der Waals surface area (Å²) in [6.07, 6.45) is 2.56. The van der Waals surface area contributed by atoms with Crippen molar-refractivity contribution in [2.75, 3.05) is 0 Å². The molecule has 25 heavy (non-hydrogen) atoms. The number of nitrogens with one attached hydrogen (secondary N) is 1. The predicted molar refractivity (Wildman–Crippen MR) is 102 cm³/mol. The van der Waals surface area contributed by atoms with E-state index in [1.807, 2.05) is 56.3 Å². The van der Waals surface area contributed by atoms with Crippen molar-refractivity contribution in [2.24, 2.45) is 0 Å². The van der Waals surface area contributed by atoms with Gasteiger partial charge >= 0.3 is 0 Å². The molecule has 0 saturated carbocycles. The number of rotatable bonds is 5. The summed E-state index contributed by atoms with van der Waals surface area (Å²) in [6, 6.07) is 15.3. The Labute approximate surface area is 155 Å². The van der Waals surface area contributed by atoms with E-state index in [9.17, 15) is 4.79 Å². The second-order valence-electron chi connectivity index (χ2n) is 5.86. The first-order valence-electron chi connectivity index (χ1n) is 8.20. The van der Waals surface area contributed by atoms with Gasteiger partial charge in [0.05, 0.1) is 11.8 Å². The third kappa shape index (κ3) is 3.99. The third-order valence-corrected chi connectivity index (χ3v) is 4.56. The van der Waals surface area contributed by atoms with Crippen LogP contribution in [0, 0.1) is 0 Å². The van der Waals surface area contributed by atoms with Crippen molar-refractivity contribution in [1.29, 1.82) is 0 Å². The second-order valence-corrected chi connectivity index (χ2v) is 6.78. The molecule has 0 aliphatic carbocycles. The maximum absolute atomic E-state index is 12.5. The zero-order chi connectivity index (χ0) is 17.8. The highest BCUT2D eigenvalue weighted by Crippen LogP contribution is 2.29. The maximum atomic E-state index is 12.5. The highest BCUT2D eigenvalue weighted by atomic mass is 79.9. The first-order valence-corrected chi connectivity index (χ1v) is 8.99. The zero-order valence-electron chi connectivity index (χ0n) is 14.1. The van der Waals surface area contributed by atoms with E-state index in [1.54, 1.807) is 12.3 Å². The van der Waals surface area contributed by atoms with Gasteiger partial charge in [-0.2, -0.15) is 0 Å². The van der Waals surface area contributed by atoms with Crippen LogP contribution in [0.5, 0.6) is 0 Å². The standard InChI is InChI=1S/C20H19BrN2O2/c1-3-13(2)23-19(24)16-6-4-5-7-17(16)20-22-12-18(25-20)14-8-10-15(21)11-9-14/h4-13H,3H2,1-2H3,(H,23,24)/t13-/m1/s1. The summed E-state index contributed by atoms with van der Waals surface area (Å²) in [5, 5.41) is 2.99. The average molecular weight is 399 g/mol. The molecule has 0 bridgehead atoms. The van der Waals surface area contributed by atoms with Crippen molar-refractivity contribution in [3.8, 4) is 22.8 Å². The van der Waals surface area contributed by atoms with Gasteiger partial charge in [0.15, 0.2) is 5.76 Å². The fourth-order valence-electron chi connectivity index (χ4n) is 2.42. The van der Waals surface area contributed by atoms with Crippen LogP contribution < -0.4 is 5.32 Å². The Balaban J connectivity index is 1.93. The molecule has 0 aliphatic rings. The first kappa shape index (κ1) is 17.4. The van der Waals surface area contributed by atoms with Crippen molar-refractivity contribution in [3.05, 3.63) is 64.8 Å². The summed E-state index contributed by atoms with van der Waals surface area (Å²) < 4.78 is 6.91. The summed E-state index contributed by atoms with van der Waals surface area (Å²) in [6.45, 7) is 4.02. The van der Waals surface area contributed by atoms with Gasteiger partial charge in [-0.25, -0.2) is 4.98 Å². The van der Waals surface area contributed by atoms with E-state index in [0.29, 0.717) is 22.8 Å². The molecule has 1 N–H and O–H groups in total. The molecule has 0 unspecified atom stereocenters. The molecule has 0 saturated heterocycles. The summed E-state index contributed by atoms with van der Waals surface area (Å²) in [4.78, 5) is 16.9. The van der Waals surface area contributed by atoms with Gasteiger partial charge in [0, 0.05) is 21.6 Å². The summed E-state index contributed by atoms with van der Waals surface area (Å²) in [5.74, 6) is 0.987. The lowest BCUT2D eigenvalue weighted by molar-refractivity contribution is 0.0939. The molecular formula is C20H19BrN2O2. The van der Waals surface area contributed by atoms with Crippen LogP contribution in [0.25, 0.3) is 22.8 Å². The van der Waals surface area contributed by atoms with Crippen molar-refractivity contribution in [1.82, 2.24) is 10.3 Å². The molecule has 0 spiro atoms. The zero-order valence-corrected chi connectivity index (χ0v) is 15.7. The number of carbonyl (C=O) groups excluding carboxylic acids is 1. The van der Waals surface area contributed by atoms with Crippen LogP contribution in [0.2, 0.25) is 0 Å². The Bertz CT molecular complexity index is 871. The Morgan fingerprint density at radius 1 is 1.20 bits per heavy atom. The predicted octanol–water partition coefficient (Wildman–Crippen LogP) is 5.30. The van der Waals surface area contributed by atoms with Crippen LogP contribution in [0.3, 0.4) is 0 Å². The van der Waals surface area contributed by atoms with E-state index in [1.165, 1.54) is 0 Å². The number of nitrogens with zero attached hydrogens (tertiary/aromatic N) is 1. The van der Waals surface area contributed by atoms with Gasteiger partial charge in [-0.15, -0.1) is 0 Å². The molecule has 1 atom stereocenters. The Morgan fingerprint density at radius 3 is 2.64 bits per heavy atom. The maximum Gasteiger partial charge on any atom is 0.252 e. The van der Waals surface area contributed by atoms with E-state index in [-0.39, 0.29) is 11.9 Å². The number of aromatic nitrogens is 1. The highest BCUT2D eigenvalue weighted by Gasteiger charge is 2.17. The van der Waals surface area contributed by atoms with Crippen LogP contribution in [0.15, 0.2) is 63.6 Å². The van der Waals surface area contributed by atoms with Crippen LogP contribution in [-0.2, 0) is 0 Å². The quantitative estimate of drug-likeness (QED) is 0.634. The number of hydrogen-bond acceptors (Lipinski definition) is 3. The lowest BCUT2D eigenvalue weighted by atomic mass is 10.1. The van der Waals surface area contributed by atoms with Gasteiger partial charge < -0.3 is 9.73 Å². The molecule has 5 heteroatoms. The van der Waals surface area contributed by atoms with Crippen molar-refractivity contribution < 1.29 is 9.21 Å². The SMILES string of the molecule is CC[C@@H](C)NC(=O)c1ccccc1-c1ncc(-c2ccc(Br)cc2)o1. The van der Waals surface area contributed by atoms with Crippen LogP contribution in [0.1, 0.15) is 30.6 Å². The molecule has 128 valence electrons. The van der Waals surface area contributed by atoms with Crippen molar-refractivity contribution in [2.45, 2.75) is 26.3 Å². The molecule has 1 amide bonds. The molecule has 2 aromatic carbocycles. The first-order chi connectivity index (χ1) is 12.1. The molecule has 0 aliphatic heterocycles. The fraction of sp³-hybridized carbons (Fsp3) is 0.200. The van der Waals surface area contributed by atoms with Crippen molar-refractivity contribution in [3.63, 3.8) is 0 Å². The topological polar surface area (TPSA) is 55.1 Å². The van der Waals surface area contributed by atoms with Crippen LogP contribution in [-0.4, -0.2) is 16.9 Å². The van der Waals surface area contributed by atoms with Gasteiger partial charge in [-0.05, 0) is 37.6 Å². The fourth-order valence-corrected chi connectivity index (χ4v) is 2.68. The van der Waals surface area contributed by atoms with Crippen LogP contribution >= 0.6 is 15.9 Å². The van der Waals surface area contributed by atoms with E-state index >= 15 is 0 Å². The second kappa shape index (κ2) is 7.66.